The van der Waals surface area contributed by atoms with Gasteiger partial charge >= 0.3 is 0 Å². The van der Waals surface area contributed by atoms with Crippen LogP contribution in [0.3, 0.4) is 0 Å². The number of nitrogens with zero attached hydrogens (tertiary/aromatic N) is 5. The molecule has 13 heteroatoms. The van der Waals surface area contributed by atoms with Crippen molar-refractivity contribution in [1.82, 2.24) is 14.6 Å². The summed E-state index contributed by atoms with van der Waals surface area (Å²) in [6.07, 6.45) is 2.55. The molecule has 0 amide bonds. The number of aromatic nitrogens is 3. The molecule has 6 aromatic rings. The first-order valence-corrected chi connectivity index (χ1v) is 13.8. The van der Waals surface area contributed by atoms with Gasteiger partial charge in [0.2, 0.25) is 11.7 Å². The first-order chi connectivity index (χ1) is 19.8. The summed E-state index contributed by atoms with van der Waals surface area (Å²) >= 11 is 13.4. The van der Waals surface area contributed by atoms with Crippen molar-refractivity contribution >= 4 is 77.2 Å². The maximum atomic E-state index is 13.5. The van der Waals surface area contributed by atoms with Gasteiger partial charge in [-0.05, 0) is 70.0 Å². The Balaban J connectivity index is 1.39. The number of para-hydroxylation sites is 1. The molecule has 3 aromatic carbocycles. The summed E-state index contributed by atoms with van der Waals surface area (Å²) in [7, 11) is 0. The molecule has 41 heavy (non-hydrogen) atoms. The number of nitro groups is 1. The zero-order chi connectivity index (χ0) is 28.7. The predicted octanol–water partition coefficient (Wildman–Crippen LogP) is 7.97. The fourth-order valence-electron chi connectivity index (χ4n) is 4.04. The van der Waals surface area contributed by atoms with Gasteiger partial charge in [0.1, 0.15) is 11.8 Å². The summed E-state index contributed by atoms with van der Waals surface area (Å²) in [6.45, 7) is 0. The Morgan fingerprint density at radius 1 is 1.07 bits per heavy atom. The number of hydrogen-bond acceptors (Lipinski definition) is 8. The lowest BCUT2D eigenvalue weighted by molar-refractivity contribution is -0.385. The van der Waals surface area contributed by atoms with Gasteiger partial charge in [0.25, 0.3) is 11.2 Å². The molecule has 0 saturated heterocycles. The van der Waals surface area contributed by atoms with Crippen molar-refractivity contribution in [2.75, 3.05) is 0 Å². The van der Waals surface area contributed by atoms with E-state index in [1.54, 1.807) is 42.5 Å². The van der Waals surface area contributed by atoms with Crippen LogP contribution in [0.15, 0.2) is 102 Å². The molecule has 0 aliphatic heterocycles. The fraction of sp³-hybridized carbons (Fsp3) is 0. The molecule has 3 heterocycles. The molecule has 0 atom stereocenters. The van der Waals surface area contributed by atoms with Crippen molar-refractivity contribution in [3.05, 3.63) is 119 Å². The van der Waals surface area contributed by atoms with Crippen molar-refractivity contribution < 1.29 is 14.1 Å². The number of hydrogen-bond donors (Lipinski definition) is 0. The van der Waals surface area contributed by atoms with Crippen LogP contribution >= 0.6 is 43.5 Å². The summed E-state index contributed by atoms with van der Waals surface area (Å²) < 4.78 is 14.3. The second kappa shape index (κ2) is 10.9. The van der Waals surface area contributed by atoms with Gasteiger partial charge in [-0.2, -0.15) is 9.78 Å². The molecule has 10 nitrogen and oxygen atoms in total. The number of halogens is 3. The number of pyridine rings is 1. The summed E-state index contributed by atoms with van der Waals surface area (Å²) in [5.41, 5.74) is 1.15. The van der Waals surface area contributed by atoms with E-state index < -0.39 is 4.92 Å². The van der Waals surface area contributed by atoms with E-state index in [2.05, 4.69) is 46.9 Å². The first-order valence-electron chi connectivity index (χ1n) is 11.8. The smallest absolute Gasteiger partial charge is 0.287 e. The van der Waals surface area contributed by atoms with Gasteiger partial charge in [0, 0.05) is 22.0 Å². The standard InChI is InChI=1S/C28H14Br2ClN5O5/c29-17-5-7-23-16(11-17)12-24(40-23)27-34-22-4-2-1-3-19(22)28(37)35(27)33-13-15-9-20(30)26(21(31)10-15)41-25-8-6-18(14-32-25)36(38)39/h1-14H. The van der Waals surface area contributed by atoms with Gasteiger partial charge in [0.05, 0.1) is 31.5 Å². The van der Waals surface area contributed by atoms with E-state index in [1.165, 1.54) is 23.0 Å². The van der Waals surface area contributed by atoms with E-state index in [1.807, 2.05) is 18.2 Å². The number of furan rings is 1. The number of rotatable bonds is 6. The third-order valence-electron chi connectivity index (χ3n) is 5.93. The van der Waals surface area contributed by atoms with E-state index >= 15 is 0 Å². The highest BCUT2D eigenvalue weighted by Crippen LogP contribution is 2.37. The summed E-state index contributed by atoms with van der Waals surface area (Å²) in [4.78, 5) is 32.5. The quantitative estimate of drug-likeness (QED) is 0.0983. The van der Waals surface area contributed by atoms with Crippen LogP contribution in [0.1, 0.15) is 5.56 Å². The molecule has 0 saturated carbocycles. The highest BCUT2D eigenvalue weighted by molar-refractivity contribution is 9.10. The second-order valence-corrected chi connectivity index (χ2v) is 10.8. The zero-order valence-corrected chi connectivity index (χ0v) is 24.4. The van der Waals surface area contributed by atoms with Crippen LogP contribution in [0.5, 0.6) is 11.6 Å². The molecule has 0 N–H and O–H groups in total. The van der Waals surface area contributed by atoms with E-state index in [9.17, 15) is 14.9 Å². The Morgan fingerprint density at radius 3 is 2.66 bits per heavy atom. The minimum atomic E-state index is -0.553. The molecule has 0 bridgehead atoms. The van der Waals surface area contributed by atoms with Crippen LogP contribution in [-0.4, -0.2) is 25.8 Å². The van der Waals surface area contributed by atoms with E-state index in [0.29, 0.717) is 32.3 Å². The Labute approximate surface area is 252 Å². The average Bonchev–Trinajstić information content (AvgIpc) is 3.38. The molecular weight excluding hydrogens is 682 g/mol. The molecule has 3 aromatic heterocycles. The highest BCUT2D eigenvalue weighted by Gasteiger charge is 2.17. The lowest BCUT2D eigenvalue weighted by Gasteiger charge is -2.10. The Kier molecular flexibility index (Phi) is 7.12. The number of ether oxygens (including phenoxy) is 1. The third-order valence-corrected chi connectivity index (χ3v) is 7.30. The highest BCUT2D eigenvalue weighted by atomic mass is 79.9. The van der Waals surface area contributed by atoms with Crippen LogP contribution in [0, 0.1) is 10.1 Å². The van der Waals surface area contributed by atoms with Crippen molar-refractivity contribution in [1.29, 1.82) is 0 Å². The van der Waals surface area contributed by atoms with Gasteiger partial charge in [-0.25, -0.2) is 9.97 Å². The molecular formula is C28H14Br2ClN5O5. The Hall–Kier alpha value is -4.39. The average molecular weight is 696 g/mol. The van der Waals surface area contributed by atoms with Crippen LogP contribution in [0.2, 0.25) is 5.02 Å². The minimum Gasteiger partial charge on any atom is -0.453 e. The van der Waals surface area contributed by atoms with Gasteiger partial charge in [0.15, 0.2) is 11.5 Å². The summed E-state index contributed by atoms with van der Waals surface area (Å²) in [5.74, 6) is 0.975. The van der Waals surface area contributed by atoms with Gasteiger partial charge in [-0.1, -0.05) is 39.7 Å². The molecule has 6 rings (SSSR count). The SMILES string of the molecule is O=c1c2ccccc2nc(-c2cc3cc(Br)ccc3o2)n1N=Cc1cc(Cl)c(Oc2ccc([N+](=O)[O-])cn2)c(Br)c1. The molecule has 0 unspecified atom stereocenters. The lowest BCUT2D eigenvalue weighted by Crippen LogP contribution is -2.20. The molecule has 0 fully saturated rings. The van der Waals surface area contributed by atoms with Gasteiger partial charge in [-0.15, -0.1) is 0 Å². The monoisotopic (exact) mass is 693 g/mol. The minimum absolute atomic E-state index is 0.121. The number of fused-ring (bicyclic) bond motifs is 2. The summed E-state index contributed by atoms with van der Waals surface area (Å²) in [6, 6.07) is 20.3. The van der Waals surface area contributed by atoms with Gasteiger partial charge < -0.3 is 9.15 Å². The molecule has 0 aliphatic rings. The topological polar surface area (TPSA) is 126 Å². The van der Waals surface area contributed by atoms with E-state index in [-0.39, 0.29) is 33.7 Å². The van der Waals surface area contributed by atoms with Crippen molar-refractivity contribution in [2.45, 2.75) is 0 Å². The normalized spacial score (nSPS) is 11.5. The maximum Gasteiger partial charge on any atom is 0.287 e. The Morgan fingerprint density at radius 2 is 1.90 bits per heavy atom. The van der Waals surface area contributed by atoms with Crippen LogP contribution in [0.4, 0.5) is 5.69 Å². The van der Waals surface area contributed by atoms with Crippen LogP contribution < -0.4 is 10.3 Å². The van der Waals surface area contributed by atoms with E-state index in [0.717, 1.165) is 16.1 Å². The second-order valence-electron chi connectivity index (χ2n) is 8.63. The van der Waals surface area contributed by atoms with Crippen molar-refractivity contribution in [2.24, 2.45) is 5.10 Å². The van der Waals surface area contributed by atoms with Crippen LogP contribution in [0.25, 0.3) is 33.5 Å². The van der Waals surface area contributed by atoms with Gasteiger partial charge in [-0.3, -0.25) is 14.9 Å². The first kappa shape index (κ1) is 26.8. The molecule has 0 spiro atoms. The van der Waals surface area contributed by atoms with Crippen LogP contribution in [-0.2, 0) is 0 Å². The van der Waals surface area contributed by atoms with Crippen molar-refractivity contribution in [3.63, 3.8) is 0 Å². The molecule has 0 radical (unpaired) electrons. The largest absolute Gasteiger partial charge is 0.453 e. The third kappa shape index (κ3) is 5.36. The van der Waals surface area contributed by atoms with E-state index in [4.69, 9.17) is 20.8 Å². The lowest BCUT2D eigenvalue weighted by atomic mass is 10.2. The molecule has 0 aliphatic carbocycles. The predicted molar refractivity (Wildman–Crippen MR) is 162 cm³/mol. The Bertz CT molecular complexity index is 2050. The summed E-state index contributed by atoms with van der Waals surface area (Å²) in [5, 5.41) is 16.8. The van der Waals surface area contributed by atoms with Crippen molar-refractivity contribution in [3.8, 4) is 23.2 Å². The number of benzene rings is 3. The molecule has 202 valence electrons. The maximum absolute atomic E-state index is 13.5. The zero-order valence-electron chi connectivity index (χ0n) is 20.5. The fourth-order valence-corrected chi connectivity index (χ4v) is 5.35.